The molecule has 0 amide bonds. The predicted molar refractivity (Wildman–Crippen MR) is 60.6 cm³/mol. The van der Waals surface area contributed by atoms with Gasteiger partial charge in [-0.3, -0.25) is 0 Å². The second kappa shape index (κ2) is 4.37. The molecular formula is C12H13NO3. The molecule has 0 saturated heterocycles. The first kappa shape index (κ1) is 10.7. The summed E-state index contributed by atoms with van der Waals surface area (Å²) >= 11 is 0. The minimum absolute atomic E-state index is 0.247. The van der Waals surface area contributed by atoms with E-state index in [1.165, 1.54) is 0 Å². The molecule has 0 aliphatic carbocycles. The van der Waals surface area contributed by atoms with Crippen LogP contribution >= 0.6 is 0 Å². The molecule has 0 saturated carbocycles. The van der Waals surface area contributed by atoms with Crippen molar-refractivity contribution >= 4 is 16.9 Å². The number of fused-ring (bicyclic) bond motifs is 1. The Labute approximate surface area is 92.9 Å². The van der Waals surface area contributed by atoms with E-state index in [1.54, 1.807) is 24.5 Å². The van der Waals surface area contributed by atoms with Crippen molar-refractivity contribution in [2.24, 2.45) is 0 Å². The molecule has 4 nitrogen and oxygen atoms in total. The first-order valence-electron chi connectivity index (χ1n) is 5.16. The maximum atomic E-state index is 10.8. The summed E-state index contributed by atoms with van der Waals surface area (Å²) < 4.78 is 5.33. The zero-order valence-corrected chi connectivity index (χ0v) is 8.99. The molecule has 2 rings (SSSR count). The summed E-state index contributed by atoms with van der Waals surface area (Å²) in [5.74, 6) is -0.938. The summed E-state index contributed by atoms with van der Waals surface area (Å²) in [7, 11) is 0. The molecule has 0 spiro atoms. The highest BCUT2D eigenvalue weighted by atomic mass is 16.4. The van der Waals surface area contributed by atoms with Gasteiger partial charge in [0.1, 0.15) is 5.58 Å². The van der Waals surface area contributed by atoms with Gasteiger partial charge in [0.2, 0.25) is 0 Å². The van der Waals surface area contributed by atoms with Crippen molar-refractivity contribution in [2.45, 2.75) is 13.5 Å². The lowest BCUT2D eigenvalue weighted by molar-refractivity contribution is 0.0697. The SMILES string of the molecule is CCNCc1coc2cc(C(=O)O)ccc12. The van der Waals surface area contributed by atoms with Crippen molar-refractivity contribution in [2.75, 3.05) is 6.54 Å². The maximum Gasteiger partial charge on any atom is 0.335 e. The fourth-order valence-corrected chi connectivity index (χ4v) is 1.61. The van der Waals surface area contributed by atoms with Crippen LogP contribution in [-0.2, 0) is 6.54 Å². The van der Waals surface area contributed by atoms with E-state index < -0.39 is 5.97 Å². The third kappa shape index (κ3) is 1.92. The van der Waals surface area contributed by atoms with Crippen molar-refractivity contribution in [3.05, 3.63) is 35.6 Å². The van der Waals surface area contributed by atoms with E-state index in [9.17, 15) is 4.79 Å². The Kier molecular flexibility index (Phi) is 2.92. The van der Waals surface area contributed by atoms with E-state index in [4.69, 9.17) is 9.52 Å². The molecule has 0 atom stereocenters. The Morgan fingerprint density at radius 1 is 1.50 bits per heavy atom. The molecule has 0 unspecified atom stereocenters. The summed E-state index contributed by atoms with van der Waals surface area (Å²) in [6.07, 6.45) is 1.67. The van der Waals surface area contributed by atoms with Crippen LogP contribution in [0.2, 0.25) is 0 Å². The Morgan fingerprint density at radius 2 is 2.31 bits per heavy atom. The second-order valence-corrected chi connectivity index (χ2v) is 3.56. The molecule has 4 heteroatoms. The summed E-state index contributed by atoms with van der Waals surface area (Å²) in [6, 6.07) is 4.93. The monoisotopic (exact) mass is 219 g/mol. The lowest BCUT2D eigenvalue weighted by atomic mass is 10.1. The Balaban J connectivity index is 2.38. The quantitative estimate of drug-likeness (QED) is 0.827. The minimum atomic E-state index is -0.938. The molecule has 1 aromatic heterocycles. The van der Waals surface area contributed by atoms with Crippen LogP contribution in [0, 0.1) is 0 Å². The van der Waals surface area contributed by atoms with Crippen LogP contribution in [0.4, 0.5) is 0 Å². The van der Waals surface area contributed by atoms with Gasteiger partial charge >= 0.3 is 5.97 Å². The molecule has 16 heavy (non-hydrogen) atoms. The predicted octanol–water partition coefficient (Wildman–Crippen LogP) is 2.24. The number of hydrogen-bond acceptors (Lipinski definition) is 3. The van der Waals surface area contributed by atoms with Crippen LogP contribution in [-0.4, -0.2) is 17.6 Å². The van der Waals surface area contributed by atoms with Gasteiger partial charge < -0.3 is 14.8 Å². The molecule has 84 valence electrons. The normalized spacial score (nSPS) is 10.8. The van der Waals surface area contributed by atoms with Crippen molar-refractivity contribution in [3.8, 4) is 0 Å². The van der Waals surface area contributed by atoms with Gasteiger partial charge in [0.25, 0.3) is 0 Å². The summed E-state index contributed by atoms with van der Waals surface area (Å²) in [5, 5.41) is 13.0. The number of nitrogens with one attached hydrogen (secondary N) is 1. The number of carboxylic acids is 1. The maximum absolute atomic E-state index is 10.8. The molecule has 0 aliphatic rings. The van der Waals surface area contributed by atoms with Gasteiger partial charge in [-0.1, -0.05) is 6.92 Å². The number of hydrogen-bond donors (Lipinski definition) is 2. The number of furan rings is 1. The number of benzene rings is 1. The van der Waals surface area contributed by atoms with Crippen LogP contribution in [0.15, 0.2) is 28.9 Å². The van der Waals surface area contributed by atoms with E-state index in [0.717, 1.165) is 24.0 Å². The lowest BCUT2D eigenvalue weighted by Crippen LogP contribution is -2.11. The van der Waals surface area contributed by atoms with Crippen LogP contribution in [0.25, 0.3) is 11.0 Å². The van der Waals surface area contributed by atoms with Crippen molar-refractivity contribution in [3.63, 3.8) is 0 Å². The van der Waals surface area contributed by atoms with Gasteiger partial charge in [0.05, 0.1) is 11.8 Å². The zero-order valence-electron chi connectivity index (χ0n) is 8.99. The van der Waals surface area contributed by atoms with Crippen LogP contribution in [0.5, 0.6) is 0 Å². The van der Waals surface area contributed by atoms with Gasteiger partial charge in [0, 0.05) is 17.5 Å². The van der Waals surface area contributed by atoms with Gasteiger partial charge in [-0.25, -0.2) is 4.79 Å². The van der Waals surface area contributed by atoms with Crippen LogP contribution < -0.4 is 5.32 Å². The van der Waals surface area contributed by atoms with E-state index in [2.05, 4.69) is 5.32 Å². The Morgan fingerprint density at radius 3 is 3.00 bits per heavy atom. The third-order valence-corrected chi connectivity index (χ3v) is 2.47. The van der Waals surface area contributed by atoms with Crippen molar-refractivity contribution in [1.82, 2.24) is 5.32 Å². The van der Waals surface area contributed by atoms with Gasteiger partial charge in [0.15, 0.2) is 0 Å². The zero-order chi connectivity index (χ0) is 11.5. The average Bonchev–Trinajstić information content (AvgIpc) is 2.68. The molecule has 0 bridgehead atoms. The summed E-state index contributed by atoms with van der Waals surface area (Å²) in [6.45, 7) is 3.65. The first-order valence-corrected chi connectivity index (χ1v) is 5.16. The molecular weight excluding hydrogens is 206 g/mol. The molecule has 0 radical (unpaired) electrons. The molecule has 0 fully saturated rings. The highest BCUT2D eigenvalue weighted by Gasteiger charge is 2.09. The fourth-order valence-electron chi connectivity index (χ4n) is 1.61. The van der Waals surface area contributed by atoms with E-state index >= 15 is 0 Å². The minimum Gasteiger partial charge on any atom is -0.478 e. The average molecular weight is 219 g/mol. The van der Waals surface area contributed by atoms with E-state index in [-0.39, 0.29) is 5.56 Å². The van der Waals surface area contributed by atoms with Crippen molar-refractivity contribution in [1.29, 1.82) is 0 Å². The van der Waals surface area contributed by atoms with Gasteiger partial charge in [-0.05, 0) is 24.7 Å². The molecule has 2 N–H and O–H groups in total. The summed E-state index contributed by atoms with van der Waals surface area (Å²) in [4.78, 5) is 10.8. The highest BCUT2D eigenvalue weighted by molar-refractivity contribution is 5.93. The number of carbonyl (C=O) groups is 1. The molecule has 0 aliphatic heterocycles. The molecule has 2 aromatic rings. The van der Waals surface area contributed by atoms with Crippen molar-refractivity contribution < 1.29 is 14.3 Å². The number of aromatic carboxylic acids is 1. The molecule has 1 aromatic carbocycles. The number of carboxylic acid groups (broad SMARTS) is 1. The first-order chi connectivity index (χ1) is 7.72. The smallest absolute Gasteiger partial charge is 0.335 e. The van der Waals surface area contributed by atoms with Crippen LogP contribution in [0.1, 0.15) is 22.8 Å². The molecule has 1 heterocycles. The standard InChI is InChI=1S/C12H13NO3/c1-2-13-6-9-7-16-11-5-8(12(14)15)3-4-10(9)11/h3-5,7,13H,2,6H2,1H3,(H,14,15). The summed E-state index contributed by atoms with van der Waals surface area (Å²) in [5.41, 5.74) is 1.92. The van der Waals surface area contributed by atoms with E-state index in [1.807, 2.05) is 6.92 Å². The highest BCUT2D eigenvalue weighted by Crippen LogP contribution is 2.22. The topological polar surface area (TPSA) is 62.5 Å². The second-order valence-electron chi connectivity index (χ2n) is 3.56. The van der Waals surface area contributed by atoms with Gasteiger partial charge in [-0.15, -0.1) is 0 Å². The third-order valence-electron chi connectivity index (χ3n) is 2.47. The largest absolute Gasteiger partial charge is 0.478 e. The van der Waals surface area contributed by atoms with E-state index in [0.29, 0.717) is 5.58 Å². The Bertz CT molecular complexity index is 516. The van der Waals surface area contributed by atoms with Gasteiger partial charge in [-0.2, -0.15) is 0 Å². The van der Waals surface area contributed by atoms with Crippen LogP contribution in [0.3, 0.4) is 0 Å². The lowest BCUT2D eigenvalue weighted by Gasteiger charge is -1.98. The Hall–Kier alpha value is -1.81. The fraction of sp³-hybridized carbons (Fsp3) is 0.250. The number of rotatable bonds is 4.